The fourth-order valence-corrected chi connectivity index (χ4v) is 4.16. The van der Waals surface area contributed by atoms with E-state index >= 15 is 0 Å². The number of rotatable bonds is 9. The quantitative estimate of drug-likeness (QED) is 0.373. The first kappa shape index (κ1) is 23.0. The molecule has 0 saturated carbocycles. The van der Waals surface area contributed by atoms with Gasteiger partial charge >= 0.3 is 0 Å². The zero-order valence-corrected chi connectivity index (χ0v) is 19.6. The van der Waals surface area contributed by atoms with Crippen molar-refractivity contribution in [3.05, 3.63) is 96.2 Å². The molecule has 5 rings (SSSR count). The summed E-state index contributed by atoms with van der Waals surface area (Å²) in [6.07, 6.45) is 5.40. The van der Waals surface area contributed by atoms with Gasteiger partial charge in [0.2, 0.25) is 0 Å². The minimum atomic E-state index is -0.141. The predicted molar refractivity (Wildman–Crippen MR) is 132 cm³/mol. The molecule has 1 fully saturated rings. The zero-order valence-electron chi connectivity index (χ0n) is 19.6. The molecule has 0 aliphatic carbocycles. The molecule has 0 atom stereocenters. The van der Waals surface area contributed by atoms with Crippen molar-refractivity contribution in [3.8, 4) is 5.75 Å². The molecule has 0 N–H and O–H groups in total. The van der Waals surface area contributed by atoms with Gasteiger partial charge in [-0.05, 0) is 42.0 Å². The Morgan fingerprint density at radius 1 is 1.03 bits per heavy atom. The summed E-state index contributed by atoms with van der Waals surface area (Å²) in [5, 5.41) is 0. The number of aromatic nitrogens is 3. The van der Waals surface area contributed by atoms with Crippen molar-refractivity contribution < 1.29 is 14.3 Å². The van der Waals surface area contributed by atoms with E-state index in [1.54, 1.807) is 17.3 Å². The Morgan fingerprint density at radius 2 is 1.91 bits per heavy atom. The summed E-state index contributed by atoms with van der Waals surface area (Å²) in [5.74, 6) is 0.659. The molecule has 1 aliphatic rings. The predicted octanol–water partition coefficient (Wildman–Crippen LogP) is 3.28. The number of hydrogen-bond donors (Lipinski definition) is 0. The minimum Gasteiger partial charge on any atom is -0.492 e. The van der Waals surface area contributed by atoms with Crippen LogP contribution in [0.15, 0.2) is 79.3 Å². The van der Waals surface area contributed by atoms with Gasteiger partial charge in [-0.3, -0.25) is 14.7 Å². The van der Waals surface area contributed by atoms with Crippen LogP contribution in [0.25, 0.3) is 5.65 Å². The molecule has 0 bridgehead atoms. The second-order valence-electron chi connectivity index (χ2n) is 8.52. The molecule has 0 spiro atoms. The molecule has 1 saturated heterocycles. The van der Waals surface area contributed by atoms with Gasteiger partial charge < -0.3 is 18.8 Å². The highest BCUT2D eigenvalue weighted by Gasteiger charge is 2.20. The molecule has 35 heavy (non-hydrogen) atoms. The number of ether oxygens (including phenoxy) is 2. The van der Waals surface area contributed by atoms with Gasteiger partial charge in [0.25, 0.3) is 5.91 Å². The first-order chi connectivity index (χ1) is 17.2. The fraction of sp³-hybridized carbons (Fsp3) is 0.296. The molecule has 3 aromatic heterocycles. The average Bonchev–Trinajstić information content (AvgIpc) is 3.34. The van der Waals surface area contributed by atoms with Crippen LogP contribution in [0.1, 0.15) is 21.7 Å². The summed E-state index contributed by atoms with van der Waals surface area (Å²) < 4.78 is 13.3. The summed E-state index contributed by atoms with van der Waals surface area (Å²) in [4.78, 5) is 26.6. The van der Waals surface area contributed by atoms with Crippen molar-refractivity contribution in [1.29, 1.82) is 0 Å². The lowest BCUT2D eigenvalue weighted by molar-refractivity contribution is 0.0322. The summed E-state index contributed by atoms with van der Waals surface area (Å²) in [5.41, 5.74) is 2.96. The Morgan fingerprint density at radius 3 is 2.74 bits per heavy atom. The highest BCUT2D eigenvalue weighted by Crippen LogP contribution is 2.18. The normalized spacial score (nSPS) is 14.2. The van der Waals surface area contributed by atoms with E-state index in [0.29, 0.717) is 25.4 Å². The molecular formula is C27H29N5O3. The average molecular weight is 472 g/mol. The standard InChI is InChI=1S/C27H29N5O3/c33-27(25-21-31-11-4-2-9-26(31)29-25)32(20-23-7-1-3-10-28-23)19-22-6-5-8-24(18-22)35-17-14-30-12-15-34-16-13-30/h1-11,18,21H,12-17,19-20H2. The third-order valence-corrected chi connectivity index (χ3v) is 6.00. The zero-order chi connectivity index (χ0) is 23.9. The molecular weight excluding hydrogens is 442 g/mol. The summed E-state index contributed by atoms with van der Waals surface area (Å²) >= 11 is 0. The van der Waals surface area contributed by atoms with Gasteiger partial charge in [-0.15, -0.1) is 0 Å². The number of imidazole rings is 1. The van der Waals surface area contributed by atoms with Crippen LogP contribution in [0.3, 0.4) is 0 Å². The van der Waals surface area contributed by atoms with E-state index < -0.39 is 0 Å². The Labute approximate surface area is 204 Å². The van der Waals surface area contributed by atoms with E-state index in [0.717, 1.165) is 55.5 Å². The van der Waals surface area contributed by atoms with Gasteiger partial charge in [0.1, 0.15) is 23.7 Å². The highest BCUT2D eigenvalue weighted by molar-refractivity contribution is 5.92. The van der Waals surface area contributed by atoms with E-state index in [-0.39, 0.29) is 5.91 Å². The molecule has 0 radical (unpaired) electrons. The van der Waals surface area contributed by atoms with Gasteiger partial charge in [-0.2, -0.15) is 0 Å². The Hall–Kier alpha value is -3.75. The van der Waals surface area contributed by atoms with Crippen LogP contribution in [-0.2, 0) is 17.8 Å². The van der Waals surface area contributed by atoms with Crippen molar-refractivity contribution >= 4 is 11.6 Å². The number of carbonyl (C=O) groups is 1. The molecule has 4 heterocycles. The maximum Gasteiger partial charge on any atom is 0.274 e. The van der Waals surface area contributed by atoms with Crippen molar-refractivity contribution in [2.45, 2.75) is 13.1 Å². The Bertz CT molecular complexity index is 1220. The lowest BCUT2D eigenvalue weighted by Crippen LogP contribution is -2.38. The molecule has 8 heteroatoms. The van der Waals surface area contributed by atoms with Crippen molar-refractivity contribution in [1.82, 2.24) is 24.2 Å². The largest absolute Gasteiger partial charge is 0.492 e. The van der Waals surface area contributed by atoms with Crippen LogP contribution in [-0.4, -0.2) is 69.5 Å². The smallest absolute Gasteiger partial charge is 0.274 e. The molecule has 1 amide bonds. The summed E-state index contributed by atoms with van der Waals surface area (Å²) in [6, 6.07) is 19.4. The number of morpholine rings is 1. The number of benzene rings is 1. The van der Waals surface area contributed by atoms with Gasteiger partial charge in [-0.25, -0.2) is 4.98 Å². The summed E-state index contributed by atoms with van der Waals surface area (Å²) in [6.45, 7) is 5.73. The van der Waals surface area contributed by atoms with Gasteiger partial charge in [0, 0.05) is 44.8 Å². The van der Waals surface area contributed by atoms with Crippen LogP contribution in [0.4, 0.5) is 0 Å². The molecule has 4 aromatic rings. The number of hydrogen-bond acceptors (Lipinski definition) is 6. The lowest BCUT2D eigenvalue weighted by atomic mass is 10.2. The van der Waals surface area contributed by atoms with E-state index in [9.17, 15) is 4.79 Å². The molecule has 1 aromatic carbocycles. The van der Waals surface area contributed by atoms with Gasteiger partial charge in [0.15, 0.2) is 0 Å². The molecule has 1 aliphatic heterocycles. The van der Waals surface area contributed by atoms with E-state index in [1.807, 2.05) is 71.3 Å². The highest BCUT2D eigenvalue weighted by atomic mass is 16.5. The van der Waals surface area contributed by atoms with Crippen LogP contribution >= 0.6 is 0 Å². The van der Waals surface area contributed by atoms with Gasteiger partial charge in [0.05, 0.1) is 25.5 Å². The third-order valence-electron chi connectivity index (χ3n) is 6.00. The maximum absolute atomic E-state index is 13.5. The second-order valence-corrected chi connectivity index (χ2v) is 8.52. The third kappa shape index (κ3) is 6.03. The Kier molecular flexibility index (Phi) is 7.31. The number of amides is 1. The minimum absolute atomic E-state index is 0.141. The van der Waals surface area contributed by atoms with Gasteiger partial charge in [-0.1, -0.05) is 24.3 Å². The number of nitrogens with zero attached hydrogens (tertiary/aromatic N) is 5. The Balaban J connectivity index is 1.30. The van der Waals surface area contributed by atoms with E-state index in [1.165, 1.54) is 0 Å². The second kappa shape index (κ2) is 11.1. The maximum atomic E-state index is 13.5. The van der Waals surface area contributed by atoms with Crippen LogP contribution in [0, 0.1) is 0 Å². The fourth-order valence-electron chi connectivity index (χ4n) is 4.16. The van der Waals surface area contributed by atoms with E-state index in [4.69, 9.17) is 9.47 Å². The number of carbonyl (C=O) groups excluding carboxylic acids is 1. The van der Waals surface area contributed by atoms with Crippen LogP contribution < -0.4 is 4.74 Å². The molecule has 8 nitrogen and oxygen atoms in total. The number of fused-ring (bicyclic) bond motifs is 1. The lowest BCUT2D eigenvalue weighted by Gasteiger charge is -2.26. The van der Waals surface area contributed by atoms with Crippen molar-refractivity contribution in [2.75, 3.05) is 39.5 Å². The van der Waals surface area contributed by atoms with Crippen molar-refractivity contribution in [2.24, 2.45) is 0 Å². The van der Waals surface area contributed by atoms with Crippen LogP contribution in [0.5, 0.6) is 5.75 Å². The first-order valence-corrected chi connectivity index (χ1v) is 11.9. The SMILES string of the molecule is O=C(c1cn2ccccc2n1)N(Cc1cccc(OCCN2CCOCC2)c1)Cc1ccccn1. The molecule has 0 unspecified atom stereocenters. The monoisotopic (exact) mass is 471 g/mol. The van der Waals surface area contributed by atoms with E-state index in [2.05, 4.69) is 14.9 Å². The number of pyridine rings is 2. The first-order valence-electron chi connectivity index (χ1n) is 11.9. The molecule has 180 valence electrons. The topological polar surface area (TPSA) is 72.2 Å². The summed E-state index contributed by atoms with van der Waals surface area (Å²) in [7, 11) is 0. The van der Waals surface area contributed by atoms with Crippen LogP contribution in [0.2, 0.25) is 0 Å². The van der Waals surface area contributed by atoms with Crippen molar-refractivity contribution in [3.63, 3.8) is 0 Å².